The second-order valence-corrected chi connectivity index (χ2v) is 6.45. The van der Waals surface area contributed by atoms with Gasteiger partial charge in [-0.2, -0.15) is 0 Å². The first kappa shape index (κ1) is 17.6. The number of benzene rings is 2. The first-order valence-electron chi connectivity index (χ1n) is 8.28. The molecule has 7 heteroatoms. The lowest BCUT2D eigenvalue weighted by molar-refractivity contribution is -0.384. The Bertz CT molecular complexity index is 877. The molecule has 3 rings (SSSR count). The molecule has 1 heterocycles. The van der Waals surface area contributed by atoms with Crippen molar-refractivity contribution in [3.8, 4) is 0 Å². The summed E-state index contributed by atoms with van der Waals surface area (Å²) < 4.78 is 0. The van der Waals surface area contributed by atoms with E-state index < -0.39 is 4.92 Å². The maximum Gasteiger partial charge on any atom is 0.269 e. The van der Waals surface area contributed by atoms with E-state index in [0.29, 0.717) is 12.1 Å². The highest BCUT2D eigenvalue weighted by atomic mass is 16.6. The van der Waals surface area contributed by atoms with Crippen molar-refractivity contribution < 1.29 is 14.5 Å². The van der Waals surface area contributed by atoms with Gasteiger partial charge in [0.15, 0.2) is 0 Å². The van der Waals surface area contributed by atoms with Crippen molar-refractivity contribution in [2.45, 2.75) is 26.3 Å². The van der Waals surface area contributed by atoms with Crippen molar-refractivity contribution in [1.82, 2.24) is 5.32 Å². The summed E-state index contributed by atoms with van der Waals surface area (Å²) in [5.74, 6) is -0.387. The lowest BCUT2D eigenvalue weighted by Gasteiger charge is -2.18. The van der Waals surface area contributed by atoms with Gasteiger partial charge in [-0.1, -0.05) is 6.07 Å². The zero-order chi connectivity index (χ0) is 18.8. The molecular weight excluding hydrogens is 334 g/mol. The highest BCUT2D eigenvalue weighted by Gasteiger charge is 2.31. The number of hydrogen-bond acceptors (Lipinski definition) is 4. The Morgan fingerprint density at radius 2 is 1.85 bits per heavy atom. The number of non-ortho nitro benzene ring substituents is 1. The summed E-state index contributed by atoms with van der Waals surface area (Å²) in [4.78, 5) is 36.5. The van der Waals surface area contributed by atoms with Crippen molar-refractivity contribution in [1.29, 1.82) is 0 Å². The molecule has 0 saturated carbocycles. The molecule has 1 N–H and O–H groups in total. The average molecular weight is 353 g/mol. The Kier molecular flexibility index (Phi) is 4.71. The SMILES string of the molecule is Cc1ccc(N2C[C@H](NC(=O)c3ccc([N+](=O)[O-])cc3)CC2=O)cc1C. The van der Waals surface area contributed by atoms with Crippen LogP contribution in [0.5, 0.6) is 0 Å². The Morgan fingerprint density at radius 3 is 2.46 bits per heavy atom. The number of anilines is 1. The summed E-state index contributed by atoms with van der Waals surface area (Å²) in [5, 5.41) is 13.5. The van der Waals surface area contributed by atoms with E-state index in [0.717, 1.165) is 16.8 Å². The zero-order valence-corrected chi connectivity index (χ0v) is 14.6. The number of nitrogens with one attached hydrogen (secondary N) is 1. The molecule has 2 aromatic rings. The van der Waals surface area contributed by atoms with Crippen LogP contribution in [-0.2, 0) is 4.79 Å². The predicted octanol–water partition coefficient (Wildman–Crippen LogP) is 2.75. The van der Waals surface area contributed by atoms with Gasteiger partial charge >= 0.3 is 0 Å². The number of carbonyl (C=O) groups is 2. The minimum absolute atomic E-state index is 0.0396. The Labute approximate surface area is 150 Å². The minimum Gasteiger partial charge on any atom is -0.347 e. The standard InChI is InChI=1S/C19H19N3O4/c1-12-3-6-17(9-13(12)2)21-11-15(10-18(21)23)20-19(24)14-4-7-16(8-5-14)22(25)26/h3-9,15H,10-11H2,1-2H3,(H,20,24)/t15-/m1/s1. The molecule has 1 atom stereocenters. The molecule has 0 unspecified atom stereocenters. The van der Waals surface area contributed by atoms with E-state index in [4.69, 9.17) is 0 Å². The molecule has 0 bridgehead atoms. The van der Waals surface area contributed by atoms with E-state index in [-0.39, 0.29) is 30.0 Å². The van der Waals surface area contributed by atoms with Crippen LogP contribution < -0.4 is 10.2 Å². The van der Waals surface area contributed by atoms with E-state index in [1.807, 2.05) is 32.0 Å². The summed E-state index contributed by atoms with van der Waals surface area (Å²) in [7, 11) is 0. The molecule has 1 aliphatic rings. The number of nitrogens with zero attached hydrogens (tertiary/aromatic N) is 2. The molecule has 0 spiro atoms. The third-order valence-electron chi connectivity index (χ3n) is 4.60. The molecule has 1 saturated heterocycles. The molecule has 2 aromatic carbocycles. The minimum atomic E-state index is -0.515. The topological polar surface area (TPSA) is 92.6 Å². The average Bonchev–Trinajstić information content (AvgIpc) is 2.97. The molecular formula is C19H19N3O4. The monoisotopic (exact) mass is 353 g/mol. The van der Waals surface area contributed by atoms with E-state index in [1.54, 1.807) is 4.90 Å². The first-order valence-corrected chi connectivity index (χ1v) is 8.28. The van der Waals surface area contributed by atoms with Gasteiger partial charge in [-0.15, -0.1) is 0 Å². The Hall–Kier alpha value is -3.22. The molecule has 0 aromatic heterocycles. The lowest BCUT2D eigenvalue weighted by atomic mass is 10.1. The molecule has 0 radical (unpaired) electrons. The van der Waals surface area contributed by atoms with Gasteiger partial charge in [0.05, 0.1) is 11.0 Å². The van der Waals surface area contributed by atoms with Crippen molar-refractivity contribution in [2.24, 2.45) is 0 Å². The van der Waals surface area contributed by atoms with E-state index >= 15 is 0 Å². The van der Waals surface area contributed by atoms with Gasteiger partial charge in [0, 0.05) is 36.3 Å². The third kappa shape index (κ3) is 3.56. The molecule has 134 valence electrons. The quantitative estimate of drug-likeness (QED) is 0.676. The highest BCUT2D eigenvalue weighted by molar-refractivity contribution is 5.99. The summed E-state index contributed by atoms with van der Waals surface area (Å²) >= 11 is 0. The maximum atomic E-state index is 12.3. The van der Waals surface area contributed by atoms with Gasteiger partial charge in [0.2, 0.25) is 5.91 Å². The van der Waals surface area contributed by atoms with Crippen LogP contribution in [0.25, 0.3) is 0 Å². The number of rotatable bonds is 4. The molecule has 7 nitrogen and oxygen atoms in total. The molecule has 26 heavy (non-hydrogen) atoms. The Balaban J connectivity index is 1.67. The van der Waals surface area contributed by atoms with E-state index in [9.17, 15) is 19.7 Å². The van der Waals surface area contributed by atoms with Crippen LogP contribution in [0.2, 0.25) is 0 Å². The van der Waals surface area contributed by atoms with Gasteiger partial charge in [0.1, 0.15) is 0 Å². The number of amides is 2. The number of aryl methyl sites for hydroxylation is 2. The summed E-state index contributed by atoms with van der Waals surface area (Å²) in [6.07, 6.45) is 0.228. The van der Waals surface area contributed by atoms with Crippen LogP contribution in [0.15, 0.2) is 42.5 Å². The smallest absolute Gasteiger partial charge is 0.269 e. The second-order valence-electron chi connectivity index (χ2n) is 6.45. The largest absolute Gasteiger partial charge is 0.347 e. The lowest BCUT2D eigenvalue weighted by Crippen LogP contribution is -2.37. The van der Waals surface area contributed by atoms with Crippen LogP contribution >= 0.6 is 0 Å². The number of carbonyl (C=O) groups excluding carboxylic acids is 2. The van der Waals surface area contributed by atoms with Crippen LogP contribution in [0.4, 0.5) is 11.4 Å². The van der Waals surface area contributed by atoms with Crippen molar-refractivity contribution >= 4 is 23.2 Å². The predicted molar refractivity (Wildman–Crippen MR) is 97.2 cm³/mol. The summed E-state index contributed by atoms with van der Waals surface area (Å²) in [6, 6.07) is 10.9. The van der Waals surface area contributed by atoms with E-state index in [2.05, 4.69) is 5.32 Å². The van der Waals surface area contributed by atoms with Gasteiger partial charge in [-0.25, -0.2) is 0 Å². The zero-order valence-electron chi connectivity index (χ0n) is 14.6. The molecule has 1 aliphatic heterocycles. The van der Waals surface area contributed by atoms with Crippen LogP contribution in [-0.4, -0.2) is 29.3 Å². The van der Waals surface area contributed by atoms with Crippen LogP contribution in [0.3, 0.4) is 0 Å². The van der Waals surface area contributed by atoms with Gasteiger partial charge in [0.25, 0.3) is 11.6 Å². The van der Waals surface area contributed by atoms with Crippen molar-refractivity contribution in [2.75, 3.05) is 11.4 Å². The molecule has 0 aliphatic carbocycles. The normalized spacial score (nSPS) is 16.6. The van der Waals surface area contributed by atoms with E-state index in [1.165, 1.54) is 24.3 Å². The fraction of sp³-hybridized carbons (Fsp3) is 0.263. The third-order valence-corrected chi connectivity index (χ3v) is 4.60. The molecule has 1 fully saturated rings. The second kappa shape index (κ2) is 6.95. The van der Waals surface area contributed by atoms with Gasteiger partial charge in [-0.05, 0) is 49.2 Å². The molecule has 2 amide bonds. The maximum absolute atomic E-state index is 12.3. The summed E-state index contributed by atoms with van der Waals surface area (Å²) in [5.41, 5.74) is 3.34. The van der Waals surface area contributed by atoms with Crippen molar-refractivity contribution in [3.63, 3.8) is 0 Å². The highest BCUT2D eigenvalue weighted by Crippen LogP contribution is 2.24. The summed E-state index contributed by atoms with van der Waals surface area (Å²) in [6.45, 7) is 4.41. The first-order chi connectivity index (χ1) is 12.3. The number of nitro benzene ring substituents is 1. The van der Waals surface area contributed by atoms with Crippen LogP contribution in [0.1, 0.15) is 27.9 Å². The number of hydrogen-bond donors (Lipinski definition) is 1. The fourth-order valence-electron chi connectivity index (χ4n) is 2.95. The fourth-order valence-corrected chi connectivity index (χ4v) is 2.95. The van der Waals surface area contributed by atoms with Gasteiger partial charge in [-0.3, -0.25) is 19.7 Å². The Morgan fingerprint density at radius 1 is 1.15 bits per heavy atom. The van der Waals surface area contributed by atoms with Crippen molar-refractivity contribution in [3.05, 3.63) is 69.3 Å². The number of nitro groups is 1. The van der Waals surface area contributed by atoms with Gasteiger partial charge < -0.3 is 10.2 Å². The van der Waals surface area contributed by atoms with Crippen LogP contribution in [0, 0.1) is 24.0 Å².